The first-order valence-electron chi connectivity index (χ1n) is 4.71. The molecule has 94 valence electrons. The minimum atomic E-state index is 0. The van der Waals surface area contributed by atoms with Gasteiger partial charge in [0, 0.05) is 38.1 Å². The first-order chi connectivity index (χ1) is 6.34. The molecule has 0 bridgehead atoms. The lowest BCUT2D eigenvalue weighted by atomic mass is 10.2. The van der Waals surface area contributed by atoms with Crippen LogP contribution < -0.4 is 5.73 Å². The van der Waals surface area contributed by atoms with Gasteiger partial charge in [0.25, 0.3) is 0 Å². The number of likely N-dealkylation sites (tertiary alicyclic amines) is 1. The van der Waals surface area contributed by atoms with E-state index in [9.17, 15) is 0 Å². The van der Waals surface area contributed by atoms with Gasteiger partial charge in [0.2, 0.25) is 0 Å². The van der Waals surface area contributed by atoms with Crippen LogP contribution in [0, 0.1) is 0 Å². The number of pyridine rings is 1. The van der Waals surface area contributed by atoms with Gasteiger partial charge in [-0.1, -0.05) is 0 Å². The van der Waals surface area contributed by atoms with Crippen molar-refractivity contribution in [1.29, 1.82) is 0 Å². The zero-order valence-corrected chi connectivity index (χ0v) is 11.4. The van der Waals surface area contributed by atoms with E-state index in [1.54, 1.807) is 0 Å². The molecule has 0 radical (unpaired) electrons. The Labute approximate surface area is 115 Å². The third kappa shape index (κ3) is 5.32. The van der Waals surface area contributed by atoms with Crippen molar-refractivity contribution in [2.45, 2.75) is 19.0 Å². The second kappa shape index (κ2) is 9.02. The molecule has 2 N–H and O–H groups in total. The van der Waals surface area contributed by atoms with Crippen molar-refractivity contribution >= 4 is 37.2 Å². The molecule has 1 aromatic heterocycles. The molecule has 0 spiro atoms. The van der Waals surface area contributed by atoms with Gasteiger partial charge in [-0.2, -0.15) is 0 Å². The zero-order chi connectivity index (χ0) is 9.10. The summed E-state index contributed by atoms with van der Waals surface area (Å²) < 4.78 is 0. The molecule has 0 saturated carbocycles. The number of nitrogens with zero attached hydrogens (tertiary/aromatic N) is 2. The first-order valence-corrected chi connectivity index (χ1v) is 4.71. The summed E-state index contributed by atoms with van der Waals surface area (Å²) in [6.07, 6.45) is 4.81. The molecule has 6 heteroatoms. The highest BCUT2D eigenvalue weighted by Crippen LogP contribution is 2.10. The highest BCUT2D eigenvalue weighted by Gasteiger charge is 2.18. The van der Waals surface area contributed by atoms with Gasteiger partial charge >= 0.3 is 0 Å². The van der Waals surface area contributed by atoms with Crippen LogP contribution in [0.4, 0.5) is 0 Å². The molecule has 1 atom stereocenters. The first kappa shape index (κ1) is 18.3. The van der Waals surface area contributed by atoms with Gasteiger partial charge in [-0.05, 0) is 24.1 Å². The largest absolute Gasteiger partial charge is 0.326 e. The Morgan fingerprint density at radius 2 is 1.88 bits per heavy atom. The summed E-state index contributed by atoms with van der Waals surface area (Å²) in [6, 6.07) is 4.50. The number of hydrogen-bond donors (Lipinski definition) is 1. The highest BCUT2D eigenvalue weighted by atomic mass is 35.5. The monoisotopic (exact) mass is 285 g/mol. The van der Waals surface area contributed by atoms with Gasteiger partial charge in [-0.15, -0.1) is 37.2 Å². The molecule has 1 saturated heterocycles. The predicted molar refractivity (Wildman–Crippen MR) is 73.9 cm³/mol. The van der Waals surface area contributed by atoms with Crippen molar-refractivity contribution in [2.24, 2.45) is 5.73 Å². The molecule has 1 aliphatic heterocycles. The molecule has 0 amide bonds. The molecule has 1 aliphatic rings. The maximum Gasteiger partial charge on any atom is 0.0271 e. The predicted octanol–water partition coefficient (Wildman–Crippen LogP) is 1.88. The smallest absolute Gasteiger partial charge is 0.0271 e. The van der Waals surface area contributed by atoms with Crippen LogP contribution in [0.5, 0.6) is 0 Å². The van der Waals surface area contributed by atoms with Crippen LogP contribution in [-0.4, -0.2) is 29.0 Å². The van der Waals surface area contributed by atoms with E-state index in [-0.39, 0.29) is 37.2 Å². The normalized spacial score (nSPS) is 19.2. The van der Waals surface area contributed by atoms with E-state index >= 15 is 0 Å². The molecule has 1 aromatic rings. The number of nitrogens with two attached hydrogens (primary N) is 1. The number of hydrogen-bond acceptors (Lipinski definition) is 3. The quantitative estimate of drug-likeness (QED) is 0.903. The highest BCUT2D eigenvalue weighted by molar-refractivity contribution is 5.86. The number of halogens is 3. The third-order valence-corrected chi connectivity index (χ3v) is 2.46. The lowest BCUT2D eigenvalue weighted by molar-refractivity contribution is 0.327. The molecule has 2 heterocycles. The minimum Gasteiger partial charge on any atom is -0.326 e. The van der Waals surface area contributed by atoms with E-state index in [1.807, 2.05) is 12.4 Å². The van der Waals surface area contributed by atoms with Crippen molar-refractivity contribution in [1.82, 2.24) is 9.88 Å². The average molecular weight is 287 g/mol. The van der Waals surface area contributed by atoms with Gasteiger partial charge in [0.05, 0.1) is 0 Å². The molecule has 0 aliphatic carbocycles. The lowest BCUT2D eigenvalue weighted by Crippen LogP contribution is -2.26. The summed E-state index contributed by atoms with van der Waals surface area (Å²) in [7, 11) is 0. The van der Waals surface area contributed by atoms with Crippen LogP contribution >= 0.6 is 37.2 Å². The van der Waals surface area contributed by atoms with Crippen molar-refractivity contribution < 1.29 is 0 Å². The van der Waals surface area contributed by atoms with Crippen LogP contribution in [0.1, 0.15) is 12.0 Å². The van der Waals surface area contributed by atoms with Crippen LogP contribution in [0.2, 0.25) is 0 Å². The van der Waals surface area contributed by atoms with E-state index in [0.717, 1.165) is 26.1 Å². The summed E-state index contributed by atoms with van der Waals surface area (Å²) in [6.45, 7) is 3.17. The van der Waals surface area contributed by atoms with Gasteiger partial charge in [0.1, 0.15) is 0 Å². The van der Waals surface area contributed by atoms with Gasteiger partial charge in [-0.25, -0.2) is 0 Å². The molecular formula is C10H18Cl3N3. The zero-order valence-electron chi connectivity index (χ0n) is 8.91. The summed E-state index contributed by atoms with van der Waals surface area (Å²) in [5.74, 6) is 0. The second-order valence-corrected chi connectivity index (χ2v) is 3.64. The molecule has 16 heavy (non-hydrogen) atoms. The average Bonchev–Trinajstić information content (AvgIpc) is 2.53. The van der Waals surface area contributed by atoms with Crippen molar-refractivity contribution in [2.75, 3.05) is 13.1 Å². The van der Waals surface area contributed by atoms with E-state index < -0.39 is 0 Å². The second-order valence-electron chi connectivity index (χ2n) is 3.64. The number of rotatable bonds is 2. The van der Waals surface area contributed by atoms with Crippen LogP contribution in [0.3, 0.4) is 0 Å². The van der Waals surface area contributed by atoms with E-state index in [0.29, 0.717) is 6.04 Å². The molecular weight excluding hydrogens is 268 g/mol. The molecule has 1 fully saturated rings. The Kier molecular flexibility index (Phi) is 10.3. The molecule has 0 unspecified atom stereocenters. The van der Waals surface area contributed by atoms with Crippen molar-refractivity contribution in [3.63, 3.8) is 0 Å². The Morgan fingerprint density at radius 3 is 2.38 bits per heavy atom. The minimum absolute atomic E-state index is 0. The molecule has 3 nitrogen and oxygen atoms in total. The Hall–Kier alpha value is -0.0600. The summed E-state index contributed by atoms with van der Waals surface area (Å²) >= 11 is 0. The van der Waals surface area contributed by atoms with Crippen molar-refractivity contribution in [3.8, 4) is 0 Å². The van der Waals surface area contributed by atoms with Crippen molar-refractivity contribution in [3.05, 3.63) is 30.1 Å². The fourth-order valence-corrected chi connectivity index (χ4v) is 1.75. The van der Waals surface area contributed by atoms with Crippen LogP contribution in [0.25, 0.3) is 0 Å². The molecule has 0 aromatic carbocycles. The van der Waals surface area contributed by atoms with Crippen LogP contribution in [-0.2, 0) is 6.54 Å². The summed E-state index contributed by atoms with van der Waals surface area (Å²) in [4.78, 5) is 6.38. The summed E-state index contributed by atoms with van der Waals surface area (Å²) in [5.41, 5.74) is 7.15. The topological polar surface area (TPSA) is 42.1 Å². The maximum atomic E-state index is 5.82. The van der Waals surface area contributed by atoms with E-state index in [4.69, 9.17) is 5.73 Å². The lowest BCUT2D eigenvalue weighted by Gasteiger charge is -2.14. The van der Waals surface area contributed by atoms with E-state index in [1.165, 1.54) is 5.56 Å². The Bertz CT molecular complexity index is 271. The fraction of sp³-hybridized carbons (Fsp3) is 0.500. The fourth-order valence-electron chi connectivity index (χ4n) is 1.75. The maximum absolute atomic E-state index is 5.82. The molecule has 2 rings (SSSR count). The standard InChI is InChI=1S/C10H15N3.3ClH/c11-10-3-6-13(8-10)7-9-1-4-12-5-2-9;;;/h1-2,4-5,10H,3,6-8,11H2;3*1H/t10-;;;/m1.../s1. The number of aromatic nitrogens is 1. The Balaban J connectivity index is 0. The summed E-state index contributed by atoms with van der Waals surface area (Å²) in [5, 5.41) is 0. The SMILES string of the molecule is Cl.Cl.Cl.N[C@@H]1CCN(Cc2ccncc2)C1. The van der Waals surface area contributed by atoms with Gasteiger partial charge < -0.3 is 5.73 Å². The van der Waals surface area contributed by atoms with Crippen LogP contribution in [0.15, 0.2) is 24.5 Å². The van der Waals surface area contributed by atoms with E-state index in [2.05, 4.69) is 22.0 Å². The Morgan fingerprint density at radius 1 is 1.25 bits per heavy atom. The third-order valence-electron chi connectivity index (χ3n) is 2.46. The van der Waals surface area contributed by atoms with Gasteiger partial charge in [0.15, 0.2) is 0 Å². The van der Waals surface area contributed by atoms with Gasteiger partial charge in [-0.3, -0.25) is 9.88 Å².